The first-order chi connectivity index (χ1) is 7.58. The Hall–Kier alpha value is -1.77. The summed E-state index contributed by atoms with van der Waals surface area (Å²) in [6.45, 7) is 6.06. The largest absolute Gasteiger partial charge is 0.508 e. The second-order valence-corrected chi connectivity index (χ2v) is 4.30. The Kier molecular flexibility index (Phi) is 2.69. The minimum Gasteiger partial charge on any atom is -0.508 e. The lowest BCUT2D eigenvalue weighted by Gasteiger charge is -2.04. The van der Waals surface area contributed by atoms with Gasteiger partial charge in [0.1, 0.15) is 5.75 Å². The zero-order valence-corrected chi connectivity index (χ0v) is 9.81. The molecule has 0 aliphatic carbocycles. The molecule has 0 fully saturated rings. The Balaban J connectivity index is 2.39. The highest BCUT2D eigenvalue weighted by Gasteiger charge is 2.05. The van der Waals surface area contributed by atoms with E-state index >= 15 is 0 Å². The summed E-state index contributed by atoms with van der Waals surface area (Å²) in [5.74, 6) is 0.329. The van der Waals surface area contributed by atoms with Crippen molar-refractivity contribution in [3.05, 3.63) is 36.2 Å². The van der Waals surface area contributed by atoms with E-state index in [1.165, 1.54) is 0 Å². The summed E-state index contributed by atoms with van der Waals surface area (Å²) >= 11 is 0. The number of hydrogen-bond donors (Lipinski definition) is 1. The highest BCUT2D eigenvalue weighted by Crippen LogP contribution is 2.26. The zero-order valence-electron chi connectivity index (χ0n) is 9.81. The third-order valence-corrected chi connectivity index (χ3v) is 2.67. The Bertz CT molecular complexity index is 500. The molecule has 0 saturated heterocycles. The summed E-state index contributed by atoms with van der Waals surface area (Å²) in [5.41, 5.74) is 2.92. The van der Waals surface area contributed by atoms with Crippen molar-refractivity contribution < 1.29 is 5.11 Å². The molecule has 1 aromatic carbocycles. The number of aromatic hydroxyl groups is 1. The molecule has 0 aliphatic heterocycles. The van der Waals surface area contributed by atoms with Crippen LogP contribution in [0.1, 0.15) is 25.5 Å². The lowest BCUT2D eigenvalue weighted by Crippen LogP contribution is -1.99. The summed E-state index contributed by atoms with van der Waals surface area (Å²) in [5, 5.41) is 13.9. The lowest BCUT2D eigenvalue weighted by atomic mass is 10.1. The predicted octanol–water partition coefficient (Wildman–Crippen LogP) is 3.15. The molecule has 0 radical (unpaired) electrons. The van der Waals surface area contributed by atoms with Crippen molar-refractivity contribution >= 4 is 0 Å². The van der Waals surface area contributed by atoms with E-state index in [1.54, 1.807) is 6.07 Å². The Labute approximate surface area is 95.3 Å². The van der Waals surface area contributed by atoms with Gasteiger partial charge < -0.3 is 5.11 Å². The molecule has 0 spiro atoms. The van der Waals surface area contributed by atoms with Gasteiger partial charge >= 0.3 is 0 Å². The molecule has 2 rings (SSSR count). The van der Waals surface area contributed by atoms with E-state index in [1.807, 2.05) is 36.1 Å². The lowest BCUT2D eigenvalue weighted by molar-refractivity contribution is 0.471. The number of aromatic nitrogens is 2. The van der Waals surface area contributed by atoms with Gasteiger partial charge in [0.25, 0.3) is 0 Å². The summed E-state index contributed by atoms with van der Waals surface area (Å²) < 4.78 is 1.91. The normalized spacial score (nSPS) is 11.0. The van der Waals surface area contributed by atoms with Crippen LogP contribution in [0, 0.1) is 6.92 Å². The first-order valence-corrected chi connectivity index (χ1v) is 5.42. The van der Waals surface area contributed by atoms with Gasteiger partial charge in [-0.1, -0.05) is 12.1 Å². The zero-order chi connectivity index (χ0) is 11.7. The van der Waals surface area contributed by atoms with Crippen molar-refractivity contribution in [2.24, 2.45) is 0 Å². The molecule has 0 amide bonds. The fourth-order valence-electron chi connectivity index (χ4n) is 1.56. The number of aryl methyl sites for hydroxylation is 1. The van der Waals surface area contributed by atoms with Crippen LogP contribution in [0.3, 0.4) is 0 Å². The van der Waals surface area contributed by atoms with Gasteiger partial charge in [0.05, 0.1) is 6.20 Å². The van der Waals surface area contributed by atoms with E-state index in [4.69, 9.17) is 0 Å². The van der Waals surface area contributed by atoms with Gasteiger partial charge in [0, 0.05) is 17.8 Å². The topological polar surface area (TPSA) is 38.0 Å². The minimum absolute atomic E-state index is 0.329. The number of nitrogens with zero attached hydrogens (tertiary/aromatic N) is 2. The third-order valence-electron chi connectivity index (χ3n) is 2.67. The molecular formula is C13H16N2O. The van der Waals surface area contributed by atoms with Crippen molar-refractivity contribution in [3.63, 3.8) is 0 Å². The molecule has 2 aromatic rings. The first-order valence-electron chi connectivity index (χ1n) is 5.42. The predicted molar refractivity (Wildman–Crippen MR) is 64.4 cm³/mol. The number of phenolic OH excluding ortho intramolecular Hbond substituents is 1. The molecule has 84 valence electrons. The standard InChI is InChI=1S/C13H16N2O/c1-9(2)15-8-12(7-14-15)11-5-4-10(3)13(16)6-11/h4-9,16H,1-3H3. The maximum atomic E-state index is 9.65. The number of hydrogen-bond acceptors (Lipinski definition) is 2. The summed E-state index contributed by atoms with van der Waals surface area (Å²) in [7, 11) is 0. The SMILES string of the molecule is Cc1ccc(-c2cnn(C(C)C)c2)cc1O. The van der Waals surface area contributed by atoms with Crippen LogP contribution in [0.4, 0.5) is 0 Å². The van der Waals surface area contributed by atoms with Crippen LogP contribution >= 0.6 is 0 Å². The van der Waals surface area contributed by atoms with Crippen LogP contribution in [0.5, 0.6) is 5.75 Å². The number of benzene rings is 1. The van der Waals surface area contributed by atoms with Crippen molar-refractivity contribution in [3.8, 4) is 16.9 Å². The molecule has 0 unspecified atom stereocenters. The van der Waals surface area contributed by atoms with Gasteiger partial charge in [0.2, 0.25) is 0 Å². The maximum Gasteiger partial charge on any atom is 0.119 e. The average molecular weight is 216 g/mol. The third kappa shape index (κ3) is 1.94. The van der Waals surface area contributed by atoms with E-state index in [0.717, 1.165) is 16.7 Å². The maximum absolute atomic E-state index is 9.65. The van der Waals surface area contributed by atoms with E-state index in [0.29, 0.717) is 11.8 Å². The van der Waals surface area contributed by atoms with Crippen LogP contribution in [0.15, 0.2) is 30.6 Å². The molecule has 1 heterocycles. The summed E-state index contributed by atoms with van der Waals surface area (Å²) in [6.07, 6.45) is 3.82. The van der Waals surface area contributed by atoms with Gasteiger partial charge in [-0.15, -0.1) is 0 Å². The number of rotatable bonds is 2. The highest BCUT2D eigenvalue weighted by atomic mass is 16.3. The van der Waals surface area contributed by atoms with Crippen LogP contribution in [-0.4, -0.2) is 14.9 Å². The van der Waals surface area contributed by atoms with Gasteiger partial charge in [-0.05, 0) is 38.0 Å². The van der Waals surface area contributed by atoms with Crippen LogP contribution in [0.2, 0.25) is 0 Å². The Morgan fingerprint density at radius 3 is 2.56 bits per heavy atom. The van der Waals surface area contributed by atoms with Crippen LogP contribution in [-0.2, 0) is 0 Å². The molecule has 3 heteroatoms. The fraction of sp³-hybridized carbons (Fsp3) is 0.308. The van der Waals surface area contributed by atoms with Gasteiger partial charge in [-0.3, -0.25) is 4.68 Å². The molecule has 1 aromatic heterocycles. The molecule has 16 heavy (non-hydrogen) atoms. The Morgan fingerprint density at radius 1 is 1.25 bits per heavy atom. The van der Waals surface area contributed by atoms with Crippen LogP contribution < -0.4 is 0 Å². The number of phenols is 1. The van der Waals surface area contributed by atoms with Gasteiger partial charge in [-0.2, -0.15) is 5.10 Å². The highest BCUT2D eigenvalue weighted by molar-refractivity contribution is 5.64. The van der Waals surface area contributed by atoms with Gasteiger partial charge in [0.15, 0.2) is 0 Å². The van der Waals surface area contributed by atoms with E-state index < -0.39 is 0 Å². The van der Waals surface area contributed by atoms with Crippen LogP contribution in [0.25, 0.3) is 11.1 Å². The van der Waals surface area contributed by atoms with E-state index in [-0.39, 0.29) is 0 Å². The molecule has 0 bridgehead atoms. The summed E-state index contributed by atoms with van der Waals surface area (Å²) in [6, 6.07) is 6.04. The molecule has 1 N–H and O–H groups in total. The quantitative estimate of drug-likeness (QED) is 0.837. The van der Waals surface area contributed by atoms with Crippen molar-refractivity contribution in [1.82, 2.24) is 9.78 Å². The molecular weight excluding hydrogens is 200 g/mol. The van der Waals surface area contributed by atoms with Crippen molar-refractivity contribution in [1.29, 1.82) is 0 Å². The molecule has 0 atom stereocenters. The van der Waals surface area contributed by atoms with Crippen molar-refractivity contribution in [2.75, 3.05) is 0 Å². The second kappa shape index (κ2) is 4.00. The average Bonchev–Trinajstić information content (AvgIpc) is 2.71. The molecule has 0 saturated carbocycles. The summed E-state index contributed by atoms with van der Waals surface area (Å²) in [4.78, 5) is 0. The second-order valence-electron chi connectivity index (χ2n) is 4.30. The minimum atomic E-state index is 0.329. The fourth-order valence-corrected chi connectivity index (χ4v) is 1.56. The first kappa shape index (κ1) is 10.7. The van der Waals surface area contributed by atoms with E-state index in [9.17, 15) is 5.11 Å². The van der Waals surface area contributed by atoms with E-state index in [2.05, 4.69) is 18.9 Å². The molecule has 3 nitrogen and oxygen atoms in total. The van der Waals surface area contributed by atoms with Crippen molar-refractivity contribution in [2.45, 2.75) is 26.8 Å². The monoisotopic (exact) mass is 216 g/mol. The Morgan fingerprint density at radius 2 is 2.00 bits per heavy atom. The molecule has 0 aliphatic rings. The smallest absolute Gasteiger partial charge is 0.119 e. The van der Waals surface area contributed by atoms with Gasteiger partial charge in [-0.25, -0.2) is 0 Å².